The van der Waals surface area contributed by atoms with Crippen molar-refractivity contribution in [2.45, 2.75) is 37.8 Å². The third-order valence-corrected chi connectivity index (χ3v) is 6.63. The number of hydrogen-bond donors (Lipinski definition) is 3. The minimum absolute atomic E-state index is 0.0901. The fraction of sp³-hybridized carbons (Fsp3) is 0.462. The van der Waals surface area contributed by atoms with Crippen LogP contribution in [0, 0.1) is 0 Å². The van der Waals surface area contributed by atoms with Crippen molar-refractivity contribution in [1.29, 1.82) is 0 Å². The molecule has 1 aliphatic heterocycles. The minimum atomic E-state index is -1.13. The van der Waals surface area contributed by atoms with Gasteiger partial charge in [0.15, 0.2) is 5.54 Å². The Balaban J connectivity index is 1.81. The van der Waals surface area contributed by atoms with E-state index in [0.717, 1.165) is 28.6 Å². The second-order valence-electron chi connectivity index (χ2n) is 8.86. The van der Waals surface area contributed by atoms with Gasteiger partial charge in [-0.3, -0.25) is 10.2 Å². The first-order valence-corrected chi connectivity index (χ1v) is 12.7. The van der Waals surface area contributed by atoms with E-state index in [9.17, 15) is 4.79 Å². The topological polar surface area (TPSA) is 95.4 Å². The van der Waals surface area contributed by atoms with Crippen molar-refractivity contribution in [3.63, 3.8) is 0 Å². The van der Waals surface area contributed by atoms with Gasteiger partial charge < -0.3 is 19.5 Å². The van der Waals surface area contributed by atoms with E-state index in [4.69, 9.17) is 19.6 Å². The summed E-state index contributed by atoms with van der Waals surface area (Å²) in [6.07, 6.45) is 1.38. The fourth-order valence-corrected chi connectivity index (χ4v) is 4.23. The zero-order valence-corrected chi connectivity index (χ0v) is 22.2. The highest BCUT2D eigenvalue weighted by atomic mass is 79.9. The van der Waals surface area contributed by atoms with Crippen LogP contribution in [-0.4, -0.2) is 73.9 Å². The van der Waals surface area contributed by atoms with Crippen molar-refractivity contribution in [2.75, 3.05) is 40.4 Å². The molecule has 190 valence electrons. The summed E-state index contributed by atoms with van der Waals surface area (Å²) in [6, 6.07) is 15.2. The van der Waals surface area contributed by atoms with Gasteiger partial charge in [0.2, 0.25) is 5.90 Å². The number of carbonyl (C=O) groups excluding carboxylic acids is 1. The number of halogens is 1. The van der Waals surface area contributed by atoms with E-state index in [1.807, 2.05) is 69.6 Å². The lowest BCUT2D eigenvalue weighted by molar-refractivity contribution is -0.129. The van der Waals surface area contributed by atoms with Gasteiger partial charge >= 0.3 is 0 Å². The van der Waals surface area contributed by atoms with Crippen LogP contribution in [0.5, 0.6) is 5.75 Å². The number of nitrogens with zero attached hydrogens (tertiary/aromatic N) is 2. The average molecular weight is 547 g/mol. The predicted molar refractivity (Wildman–Crippen MR) is 141 cm³/mol. The van der Waals surface area contributed by atoms with Crippen LogP contribution in [0.4, 0.5) is 0 Å². The second kappa shape index (κ2) is 13.0. The maximum Gasteiger partial charge on any atom is 0.266 e. The number of aliphatic imine (C=N–C) groups is 1. The first-order chi connectivity index (χ1) is 16.9. The summed E-state index contributed by atoms with van der Waals surface area (Å²) in [6.45, 7) is 3.99. The molecular weight excluding hydrogens is 512 g/mol. The number of ether oxygens (including phenoxy) is 2. The number of benzene rings is 2. The van der Waals surface area contributed by atoms with Gasteiger partial charge in [-0.25, -0.2) is 10.4 Å². The summed E-state index contributed by atoms with van der Waals surface area (Å²) in [7, 11) is 4.04. The van der Waals surface area contributed by atoms with Gasteiger partial charge in [-0.2, -0.15) is 0 Å². The van der Waals surface area contributed by atoms with Gasteiger partial charge in [0.25, 0.3) is 5.91 Å². The van der Waals surface area contributed by atoms with Crippen molar-refractivity contribution in [2.24, 2.45) is 4.99 Å². The fourth-order valence-electron chi connectivity index (χ4n) is 3.81. The number of hydrazine groups is 1. The molecule has 0 spiro atoms. The zero-order valence-electron chi connectivity index (χ0n) is 20.6. The van der Waals surface area contributed by atoms with Crippen LogP contribution in [0.25, 0.3) is 0 Å². The van der Waals surface area contributed by atoms with E-state index in [1.54, 1.807) is 0 Å². The molecule has 0 unspecified atom stereocenters. The number of hydrogen-bond acceptors (Lipinski definition) is 7. The Morgan fingerprint density at radius 2 is 1.94 bits per heavy atom. The molecule has 0 bridgehead atoms. The maximum atomic E-state index is 13.5. The summed E-state index contributed by atoms with van der Waals surface area (Å²) >= 11 is 3.61. The lowest BCUT2D eigenvalue weighted by Gasteiger charge is -2.28. The number of carbonyl (C=O) groups is 1. The van der Waals surface area contributed by atoms with Gasteiger partial charge in [-0.15, -0.1) is 0 Å². The number of aliphatic hydroxyl groups excluding tert-OH is 1. The molecule has 3 rings (SSSR count). The maximum absolute atomic E-state index is 13.5. The monoisotopic (exact) mass is 546 g/mol. The minimum Gasteiger partial charge on any atom is -0.494 e. The summed E-state index contributed by atoms with van der Waals surface area (Å²) in [5.41, 5.74) is 6.53. The third-order valence-electron chi connectivity index (χ3n) is 5.85. The Kier molecular flexibility index (Phi) is 10.1. The summed E-state index contributed by atoms with van der Waals surface area (Å²) in [5.74, 6) is 0.895. The van der Waals surface area contributed by atoms with Gasteiger partial charge in [0, 0.05) is 36.0 Å². The van der Waals surface area contributed by atoms with E-state index >= 15 is 0 Å². The molecule has 1 aliphatic rings. The van der Waals surface area contributed by atoms with E-state index in [1.165, 1.54) is 0 Å². The van der Waals surface area contributed by atoms with Gasteiger partial charge in [0.1, 0.15) is 11.9 Å². The molecule has 2 atom stereocenters. The molecule has 35 heavy (non-hydrogen) atoms. The summed E-state index contributed by atoms with van der Waals surface area (Å²) in [4.78, 5) is 20.5. The second-order valence-corrected chi connectivity index (χ2v) is 9.71. The van der Waals surface area contributed by atoms with E-state index in [2.05, 4.69) is 31.7 Å². The molecule has 2 aromatic carbocycles. The standard InChI is InChI=1S/C26H35BrN4O4/c1-19-26(18-21-8-4-5-9-23(21)27,25(33)30-28-14-6-15-31(2)3)29-24(35-19)20-10-12-22(13-11-20)34-17-7-16-32/h4-5,8-13,19,28,32H,6-7,14-18H2,1-3H3,(H,30,33)/t19-,26-/m0/s1. The molecule has 8 nitrogen and oxygen atoms in total. The van der Waals surface area contributed by atoms with Crippen molar-refractivity contribution in [1.82, 2.24) is 15.8 Å². The molecule has 1 amide bonds. The van der Waals surface area contributed by atoms with Crippen LogP contribution < -0.4 is 15.6 Å². The predicted octanol–water partition coefficient (Wildman–Crippen LogP) is 2.93. The molecule has 0 aromatic heterocycles. The van der Waals surface area contributed by atoms with Crippen LogP contribution in [0.3, 0.4) is 0 Å². The van der Waals surface area contributed by atoms with Gasteiger partial charge in [-0.1, -0.05) is 34.1 Å². The Morgan fingerprint density at radius 1 is 1.20 bits per heavy atom. The average Bonchev–Trinajstić information content (AvgIpc) is 3.17. The molecule has 3 N–H and O–H groups in total. The number of amides is 1. The molecule has 9 heteroatoms. The highest BCUT2D eigenvalue weighted by molar-refractivity contribution is 9.10. The summed E-state index contributed by atoms with van der Waals surface area (Å²) in [5, 5.41) is 8.92. The Morgan fingerprint density at radius 3 is 2.63 bits per heavy atom. The molecule has 1 heterocycles. The first-order valence-electron chi connectivity index (χ1n) is 11.9. The summed E-state index contributed by atoms with van der Waals surface area (Å²) < 4.78 is 12.7. The molecule has 0 fully saturated rings. The quantitative estimate of drug-likeness (QED) is 0.264. The molecule has 0 saturated carbocycles. The highest BCUT2D eigenvalue weighted by Crippen LogP contribution is 2.34. The van der Waals surface area contributed by atoms with Crippen LogP contribution in [-0.2, 0) is 16.0 Å². The van der Waals surface area contributed by atoms with Crippen LogP contribution in [0.1, 0.15) is 30.9 Å². The van der Waals surface area contributed by atoms with E-state index in [0.29, 0.717) is 37.6 Å². The van der Waals surface area contributed by atoms with E-state index in [-0.39, 0.29) is 12.5 Å². The first kappa shape index (κ1) is 27.1. The molecule has 0 saturated heterocycles. The lowest BCUT2D eigenvalue weighted by atomic mass is 9.86. The zero-order chi connectivity index (χ0) is 25.3. The molecular formula is C26H35BrN4O4. The molecule has 2 aromatic rings. The normalized spacial score (nSPS) is 19.4. The number of rotatable bonds is 13. The van der Waals surface area contributed by atoms with Crippen LogP contribution in [0.2, 0.25) is 0 Å². The Labute approximate surface area is 215 Å². The van der Waals surface area contributed by atoms with Crippen molar-refractivity contribution in [3.05, 3.63) is 64.1 Å². The van der Waals surface area contributed by atoms with Gasteiger partial charge in [0.05, 0.1) is 6.61 Å². The van der Waals surface area contributed by atoms with Crippen molar-refractivity contribution < 1.29 is 19.4 Å². The number of nitrogens with one attached hydrogen (secondary N) is 2. The molecule has 0 aliphatic carbocycles. The largest absolute Gasteiger partial charge is 0.494 e. The van der Waals surface area contributed by atoms with Crippen LogP contribution >= 0.6 is 15.9 Å². The van der Waals surface area contributed by atoms with E-state index < -0.39 is 11.6 Å². The molecule has 0 radical (unpaired) electrons. The van der Waals surface area contributed by atoms with Crippen LogP contribution in [0.15, 0.2) is 58.0 Å². The SMILES string of the molecule is C[C@@H]1OC(c2ccc(OCCCO)cc2)=N[C@]1(Cc1ccccc1Br)C(=O)NNCCCN(C)C. The van der Waals surface area contributed by atoms with Crippen molar-refractivity contribution >= 4 is 27.7 Å². The lowest BCUT2D eigenvalue weighted by Crippen LogP contribution is -2.56. The third kappa shape index (κ3) is 7.27. The highest BCUT2D eigenvalue weighted by Gasteiger charge is 2.50. The Bertz CT molecular complexity index is 999. The van der Waals surface area contributed by atoms with Gasteiger partial charge in [-0.05, 0) is 69.9 Å². The smallest absolute Gasteiger partial charge is 0.266 e. The van der Waals surface area contributed by atoms with Crippen molar-refractivity contribution in [3.8, 4) is 5.75 Å². The number of aliphatic hydroxyl groups is 1. The Hall–Kier alpha value is -2.46.